The number of carboxylic acid groups (broad SMARTS) is 1. The molecule has 0 spiro atoms. The van der Waals surface area contributed by atoms with Crippen LogP contribution in [0.1, 0.15) is 239 Å². The first-order valence-corrected chi connectivity index (χ1v) is 32.2. The van der Waals surface area contributed by atoms with Gasteiger partial charge in [0.25, 0.3) is 0 Å². The van der Waals surface area contributed by atoms with E-state index in [2.05, 4.69) is 154 Å². The smallest absolute Gasteiger partial charge is 0.335 e. The molecule has 1 fully saturated rings. The fourth-order valence-electron chi connectivity index (χ4n) is 8.89. The summed E-state index contributed by atoms with van der Waals surface area (Å²) in [5.74, 6) is -3.19. The van der Waals surface area contributed by atoms with Crippen molar-refractivity contribution in [1.29, 1.82) is 0 Å². The SMILES string of the molecule is CC/C=C\C/C=C\C/C=C\C/C=C\CCCCCCCCC(=O)OCC(COC1OC(C(=O)O)C(O)C(O)C1OC(=O)CCCCCCC/C=C\C/C=C\C/C=C\CC)OC(=O)CCCCCCCC/C=C\C/C=C\C/C=C\C/C=C\CC. The summed E-state index contributed by atoms with van der Waals surface area (Å²) < 4.78 is 28.5. The maximum absolute atomic E-state index is 13.2. The Morgan fingerprint density at radius 2 is 0.723 bits per heavy atom. The van der Waals surface area contributed by atoms with Gasteiger partial charge in [0, 0.05) is 19.3 Å². The average molecular weight is 1160 g/mol. The van der Waals surface area contributed by atoms with E-state index in [9.17, 15) is 34.5 Å². The highest BCUT2D eigenvalue weighted by Crippen LogP contribution is 2.26. The molecule has 0 aromatic carbocycles. The molecule has 1 heterocycles. The number of aliphatic hydroxyl groups excluding tert-OH is 2. The number of carbonyl (C=O) groups is 4. The first-order valence-electron chi connectivity index (χ1n) is 32.2. The third kappa shape index (κ3) is 46.9. The highest BCUT2D eigenvalue weighted by atomic mass is 16.7. The molecule has 12 heteroatoms. The van der Waals surface area contributed by atoms with E-state index in [0.717, 1.165) is 180 Å². The van der Waals surface area contributed by atoms with Crippen molar-refractivity contribution in [2.75, 3.05) is 13.2 Å². The van der Waals surface area contributed by atoms with Crippen LogP contribution in [0, 0.1) is 0 Å². The fraction of sp³-hybridized carbons (Fsp3) is 0.634. The van der Waals surface area contributed by atoms with Gasteiger partial charge in [0.05, 0.1) is 6.61 Å². The van der Waals surface area contributed by atoms with Gasteiger partial charge in [-0.3, -0.25) is 14.4 Å². The molecule has 0 aromatic rings. The normalized spacial score (nSPS) is 18.5. The number of esters is 3. The van der Waals surface area contributed by atoms with Crippen LogP contribution in [0.2, 0.25) is 0 Å². The quantitative estimate of drug-likeness (QED) is 0.0228. The second-order valence-corrected chi connectivity index (χ2v) is 21.2. The Morgan fingerprint density at radius 1 is 0.398 bits per heavy atom. The van der Waals surface area contributed by atoms with Crippen molar-refractivity contribution in [1.82, 2.24) is 0 Å². The minimum atomic E-state index is -1.92. The van der Waals surface area contributed by atoms with Gasteiger partial charge in [-0.1, -0.05) is 225 Å². The average Bonchev–Trinajstić information content (AvgIpc) is 3.58. The number of rotatable bonds is 53. The van der Waals surface area contributed by atoms with Crippen LogP contribution in [0.4, 0.5) is 0 Å². The lowest BCUT2D eigenvalue weighted by atomic mass is 9.98. The Labute approximate surface area is 502 Å². The number of hydrogen-bond donors (Lipinski definition) is 3. The highest BCUT2D eigenvalue weighted by Gasteiger charge is 2.50. The highest BCUT2D eigenvalue weighted by molar-refractivity contribution is 5.74. The molecular formula is C71H112O12. The summed E-state index contributed by atoms with van der Waals surface area (Å²) >= 11 is 0. The lowest BCUT2D eigenvalue weighted by Gasteiger charge is -2.40. The van der Waals surface area contributed by atoms with Gasteiger partial charge in [-0.15, -0.1) is 0 Å². The van der Waals surface area contributed by atoms with E-state index >= 15 is 0 Å². The molecule has 1 saturated heterocycles. The summed E-state index contributed by atoms with van der Waals surface area (Å²) in [6.45, 7) is 5.63. The molecule has 0 amide bonds. The van der Waals surface area contributed by atoms with Crippen LogP contribution in [0.15, 0.2) is 134 Å². The lowest BCUT2D eigenvalue weighted by molar-refractivity contribution is -0.301. The van der Waals surface area contributed by atoms with Gasteiger partial charge in [0.1, 0.15) is 18.8 Å². The van der Waals surface area contributed by atoms with Crippen LogP contribution in [0.3, 0.4) is 0 Å². The number of hydrogen-bond acceptors (Lipinski definition) is 11. The van der Waals surface area contributed by atoms with Gasteiger partial charge in [-0.25, -0.2) is 4.79 Å². The molecule has 0 saturated carbocycles. The zero-order valence-electron chi connectivity index (χ0n) is 51.6. The monoisotopic (exact) mass is 1160 g/mol. The summed E-state index contributed by atoms with van der Waals surface area (Å²) in [5, 5.41) is 31.6. The third-order valence-electron chi connectivity index (χ3n) is 13.7. The summed E-state index contributed by atoms with van der Waals surface area (Å²) in [7, 11) is 0. The summed E-state index contributed by atoms with van der Waals surface area (Å²) in [5.41, 5.74) is 0. The number of ether oxygens (including phenoxy) is 5. The van der Waals surface area contributed by atoms with Crippen molar-refractivity contribution in [3.8, 4) is 0 Å². The first kappa shape index (κ1) is 75.9. The predicted octanol–water partition coefficient (Wildman–Crippen LogP) is 17.3. The molecule has 12 nitrogen and oxygen atoms in total. The fourth-order valence-corrected chi connectivity index (χ4v) is 8.89. The molecule has 6 unspecified atom stereocenters. The number of carboxylic acids is 1. The van der Waals surface area contributed by atoms with E-state index in [4.69, 9.17) is 23.7 Å². The Hall–Kier alpha value is -5.14. The molecule has 0 aromatic heterocycles. The van der Waals surface area contributed by atoms with E-state index < -0.39 is 67.3 Å². The molecule has 1 aliphatic rings. The van der Waals surface area contributed by atoms with E-state index in [1.54, 1.807) is 0 Å². The van der Waals surface area contributed by atoms with E-state index in [1.807, 2.05) is 0 Å². The second kappa shape index (κ2) is 57.3. The Bertz CT molecular complexity index is 1950. The minimum absolute atomic E-state index is 0.0307. The van der Waals surface area contributed by atoms with E-state index in [0.29, 0.717) is 19.3 Å². The Balaban J connectivity index is 2.70. The second-order valence-electron chi connectivity index (χ2n) is 21.2. The van der Waals surface area contributed by atoms with Crippen molar-refractivity contribution < 1.29 is 58.2 Å². The van der Waals surface area contributed by atoms with Crippen LogP contribution < -0.4 is 0 Å². The lowest BCUT2D eigenvalue weighted by Crippen LogP contribution is -2.61. The largest absolute Gasteiger partial charge is 0.479 e. The molecule has 0 bridgehead atoms. The minimum Gasteiger partial charge on any atom is -0.479 e. The van der Waals surface area contributed by atoms with Crippen molar-refractivity contribution in [2.24, 2.45) is 0 Å². The molecule has 3 N–H and O–H groups in total. The molecule has 1 aliphatic heterocycles. The van der Waals surface area contributed by atoms with Crippen molar-refractivity contribution >= 4 is 23.9 Å². The topological polar surface area (TPSA) is 175 Å². The van der Waals surface area contributed by atoms with Gasteiger partial charge in [0.15, 0.2) is 24.6 Å². The number of aliphatic carboxylic acids is 1. The van der Waals surface area contributed by atoms with Gasteiger partial charge in [-0.2, -0.15) is 0 Å². The Morgan fingerprint density at radius 3 is 1.10 bits per heavy atom. The third-order valence-corrected chi connectivity index (χ3v) is 13.7. The zero-order valence-corrected chi connectivity index (χ0v) is 51.6. The molecule has 0 aliphatic carbocycles. The molecule has 83 heavy (non-hydrogen) atoms. The van der Waals surface area contributed by atoms with Crippen LogP contribution in [-0.4, -0.2) is 89.2 Å². The van der Waals surface area contributed by atoms with Crippen LogP contribution in [0.25, 0.3) is 0 Å². The van der Waals surface area contributed by atoms with Crippen molar-refractivity contribution in [2.45, 2.75) is 276 Å². The van der Waals surface area contributed by atoms with E-state index in [-0.39, 0.29) is 25.9 Å². The number of unbranched alkanes of at least 4 members (excludes halogenated alkanes) is 17. The van der Waals surface area contributed by atoms with Gasteiger partial charge < -0.3 is 39.0 Å². The van der Waals surface area contributed by atoms with Crippen LogP contribution in [0.5, 0.6) is 0 Å². The predicted molar refractivity (Wildman–Crippen MR) is 340 cm³/mol. The van der Waals surface area contributed by atoms with Crippen molar-refractivity contribution in [3.05, 3.63) is 134 Å². The molecule has 468 valence electrons. The summed E-state index contributed by atoms with van der Waals surface area (Å²) in [6, 6.07) is 0. The summed E-state index contributed by atoms with van der Waals surface area (Å²) in [4.78, 5) is 51.4. The number of allylic oxidation sites excluding steroid dienone is 22. The number of carbonyl (C=O) groups excluding carboxylic acids is 3. The van der Waals surface area contributed by atoms with E-state index in [1.165, 1.54) is 0 Å². The molecular weight excluding hydrogens is 1040 g/mol. The van der Waals surface area contributed by atoms with Crippen LogP contribution in [-0.2, 0) is 42.9 Å². The molecule has 6 atom stereocenters. The van der Waals surface area contributed by atoms with Crippen molar-refractivity contribution in [3.63, 3.8) is 0 Å². The van der Waals surface area contributed by atoms with Gasteiger partial charge >= 0.3 is 23.9 Å². The maximum atomic E-state index is 13.2. The van der Waals surface area contributed by atoms with Gasteiger partial charge in [0.2, 0.25) is 0 Å². The first-order chi connectivity index (χ1) is 40.6. The van der Waals surface area contributed by atoms with Gasteiger partial charge in [-0.05, 0) is 128 Å². The molecule has 0 radical (unpaired) electrons. The Kier molecular flexibility index (Phi) is 52.4. The maximum Gasteiger partial charge on any atom is 0.335 e. The standard InChI is InChI=1S/C71H112O12/c1-4-7-10-13-16-19-22-25-28-30-32-34-37-39-42-45-48-51-54-57-63(72)79-60-62(81-64(73)58-55-52-49-46-43-41-38-35-33-31-29-26-23-20-17-14-11-8-5-2)61-80-71-69(67(76)66(75)68(83-71)70(77)78)82-65(74)59-56-53-50-47-44-40-36-27-24-21-18-15-12-9-6-3/h7-12,16-21,25-29,32-36,62,66-69,71,75-76H,4-6,13-15,22-24,30-31,37-61H2,1-3H3,(H,77,78)/b10-7-,11-8-,12-9-,19-16-,20-17-,21-18-,28-25-,29-26-,34-32-,35-33-,36-27-. The number of aliphatic hydroxyl groups is 2. The van der Waals surface area contributed by atoms with Crippen LogP contribution >= 0.6 is 0 Å². The molecule has 1 rings (SSSR count). The summed E-state index contributed by atoms with van der Waals surface area (Å²) in [6.07, 6.45) is 68.3. The zero-order chi connectivity index (χ0) is 60.3.